The van der Waals surface area contributed by atoms with Crippen molar-refractivity contribution in [2.75, 3.05) is 19.6 Å². The van der Waals surface area contributed by atoms with Crippen molar-refractivity contribution in [2.45, 2.75) is 51.1 Å². The van der Waals surface area contributed by atoms with Crippen LogP contribution in [-0.2, 0) is 4.79 Å². The maximum absolute atomic E-state index is 10.9. The molecule has 4 rings (SSSR count). The third kappa shape index (κ3) is 3.86. The lowest BCUT2D eigenvalue weighted by Gasteiger charge is -2.59. The first-order valence-electron chi connectivity index (χ1n) is 10.1. The first kappa shape index (κ1) is 17.7. The van der Waals surface area contributed by atoms with E-state index in [4.69, 9.17) is 5.73 Å². The summed E-state index contributed by atoms with van der Waals surface area (Å²) >= 11 is 0. The number of rotatable bonds is 8. The van der Waals surface area contributed by atoms with Crippen molar-refractivity contribution in [3.63, 3.8) is 0 Å². The Morgan fingerprint density at radius 3 is 2.69 bits per heavy atom. The van der Waals surface area contributed by atoms with E-state index < -0.39 is 0 Å². The van der Waals surface area contributed by atoms with Crippen LogP contribution in [0.5, 0.6) is 0 Å². The average molecular weight is 354 g/mol. The highest BCUT2D eigenvalue weighted by Crippen LogP contribution is 2.50. The second kappa shape index (κ2) is 7.16. The van der Waals surface area contributed by atoms with Gasteiger partial charge in [0.15, 0.2) is 0 Å². The fourth-order valence-electron chi connectivity index (χ4n) is 5.02. The van der Waals surface area contributed by atoms with E-state index in [-0.39, 0.29) is 5.91 Å². The molecule has 1 amide bonds. The Bertz CT molecular complexity index is 670. The van der Waals surface area contributed by atoms with Gasteiger partial charge in [0.25, 0.3) is 0 Å². The Morgan fingerprint density at radius 1 is 1.31 bits per heavy atom. The molecule has 2 atom stereocenters. The molecular formula is C22H31N3O. The maximum Gasteiger partial charge on any atom is 0.218 e. The van der Waals surface area contributed by atoms with Crippen LogP contribution in [0.3, 0.4) is 0 Å². The molecule has 4 nitrogen and oxygen atoms in total. The minimum atomic E-state index is -0.186. The molecule has 1 aliphatic heterocycles. The highest BCUT2D eigenvalue weighted by Gasteiger charge is 2.53. The predicted octanol–water partition coefficient (Wildman–Crippen LogP) is 2.80. The van der Waals surface area contributed by atoms with Gasteiger partial charge in [-0.25, -0.2) is 0 Å². The normalized spacial score (nSPS) is 27.8. The largest absolute Gasteiger partial charge is 0.370 e. The minimum Gasteiger partial charge on any atom is -0.370 e. The summed E-state index contributed by atoms with van der Waals surface area (Å²) in [5.41, 5.74) is 8.68. The summed E-state index contributed by atoms with van der Waals surface area (Å²) in [6.45, 7) is 5.42. The molecule has 0 aromatic heterocycles. The topological polar surface area (TPSA) is 58.4 Å². The lowest BCUT2D eigenvalue weighted by Crippen LogP contribution is -2.66. The lowest BCUT2D eigenvalue weighted by molar-refractivity contribution is -0.120. The van der Waals surface area contributed by atoms with Crippen molar-refractivity contribution < 1.29 is 4.79 Å². The van der Waals surface area contributed by atoms with E-state index in [0.717, 1.165) is 32.0 Å². The Balaban J connectivity index is 1.20. The number of likely N-dealkylation sites (tertiary alicyclic amines) is 1. The average Bonchev–Trinajstić information content (AvgIpc) is 3.32. The molecule has 1 spiro atoms. The van der Waals surface area contributed by atoms with Crippen LogP contribution in [-0.4, -0.2) is 42.5 Å². The van der Waals surface area contributed by atoms with Gasteiger partial charge in [0.2, 0.25) is 5.91 Å². The van der Waals surface area contributed by atoms with Crippen LogP contribution in [0.15, 0.2) is 35.9 Å². The van der Waals surface area contributed by atoms with E-state index in [1.54, 1.807) is 5.57 Å². The lowest BCUT2D eigenvalue weighted by atomic mass is 9.60. The molecule has 3 fully saturated rings. The smallest absolute Gasteiger partial charge is 0.218 e. The van der Waals surface area contributed by atoms with Crippen molar-refractivity contribution in [2.24, 2.45) is 17.1 Å². The number of hydrogen-bond donors (Lipinski definition) is 2. The van der Waals surface area contributed by atoms with Crippen molar-refractivity contribution in [1.29, 1.82) is 0 Å². The number of nitrogens with one attached hydrogen (secondary N) is 1. The molecular weight excluding hydrogens is 322 g/mol. The van der Waals surface area contributed by atoms with Gasteiger partial charge in [0.1, 0.15) is 0 Å². The van der Waals surface area contributed by atoms with E-state index >= 15 is 0 Å². The quantitative estimate of drug-likeness (QED) is 0.755. The van der Waals surface area contributed by atoms with E-state index in [2.05, 4.69) is 53.5 Å². The molecule has 1 aromatic rings. The molecule has 2 aliphatic carbocycles. The Kier molecular flexibility index (Phi) is 4.89. The van der Waals surface area contributed by atoms with Crippen LogP contribution in [0.4, 0.5) is 0 Å². The fourth-order valence-corrected chi connectivity index (χ4v) is 5.02. The Labute approximate surface area is 156 Å². The van der Waals surface area contributed by atoms with Crippen molar-refractivity contribution in [3.05, 3.63) is 41.5 Å². The van der Waals surface area contributed by atoms with Crippen LogP contribution in [0, 0.1) is 11.3 Å². The van der Waals surface area contributed by atoms with Gasteiger partial charge in [-0.15, -0.1) is 0 Å². The zero-order valence-corrected chi connectivity index (χ0v) is 15.8. The number of nitrogens with zero attached hydrogens (tertiary/aromatic N) is 1. The molecule has 0 bridgehead atoms. The Morgan fingerprint density at radius 2 is 2.04 bits per heavy atom. The van der Waals surface area contributed by atoms with Gasteiger partial charge in [-0.2, -0.15) is 0 Å². The number of primary amides is 1. The molecule has 1 saturated heterocycles. The summed E-state index contributed by atoms with van der Waals surface area (Å²) in [7, 11) is 0. The number of amides is 1. The standard InChI is InChI=1S/C22H31N3O/c1-2-17(10-16-6-4-3-5-7-16)19-11-20(19)24-18-12-22(13-18)14-25(15-22)9-8-21(23)26/h3-7,10,18-20,24H,2,8-9,11-15H2,1H3,(H2,23,26)/b17-10+/t19-,20+/m1/s1. The van der Waals surface area contributed by atoms with Crippen LogP contribution in [0.25, 0.3) is 6.08 Å². The van der Waals surface area contributed by atoms with E-state index in [1.807, 2.05) is 0 Å². The fraction of sp³-hybridized carbons (Fsp3) is 0.591. The van der Waals surface area contributed by atoms with Crippen LogP contribution in [0.2, 0.25) is 0 Å². The second-order valence-corrected chi connectivity index (χ2v) is 8.63. The van der Waals surface area contributed by atoms with Crippen LogP contribution in [0.1, 0.15) is 44.6 Å². The van der Waals surface area contributed by atoms with Gasteiger partial charge in [0, 0.05) is 38.1 Å². The third-order valence-electron chi connectivity index (χ3n) is 6.43. The summed E-state index contributed by atoms with van der Waals surface area (Å²) in [5, 5.41) is 3.90. The number of benzene rings is 1. The third-order valence-corrected chi connectivity index (χ3v) is 6.43. The zero-order valence-electron chi connectivity index (χ0n) is 15.8. The summed E-state index contributed by atoms with van der Waals surface area (Å²) in [4.78, 5) is 13.2. The maximum atomic E-state index is 10.9. The van der Waals surface area contributed by atoms with Gasteiger partial charge in [-0.05, 0) is 42.6 Å². The van der Waals surface area contributed by atoms with E-state index in [1.165, 1.54) is 24.8 Å². The van der Waals surface area contributed by atoms with Gasteiger partial charge in [0.05, 0.1) is 0 Å². The molecule has 4 heteroatoms. The molecule has 1 aromatic carbocycles. The number of hydrogen-bond acceptors (Lipinski definition) is 3. The first-order valence-corrected chi connectivity index (χ1v) is 10.1. The second-order valence-electron chi connectivity index (χ2n) is 8.63. The van der Waals surface area contributed by atoms with Gasteiger partial charge in [-0.1, -0.05) is 48.9 Å². The van der Waals surface area contributed by atoms with Crippen molar-refractivity contribution >= 4 is 12.0 Å². The minimum absolute atomic E-state index is 0.186. The van der Waals surface area contributed by atoms with Crippen LogP contribution >= 0.6 is 0 Å². The highest BCUT2D eigenvalue weighted by atomic mass is 16.1. The monoisotopic (exact) mass is 353 g/mol. The summed E-state index contributed by atoms with van der Waals surface area (Å²) in [6.07, 6.45) is 7.91. The number of nitrogens with two attached hydrogens (primary N) is 1. The highest BCUT2D eigenvalue weighted by molar-refractivity contribution is 5.73. The summed E-state index contributed by atoms with van der Waals surface area (Å²) in [6, 6.07) is 12.1. The molecule has 1 heterocycles. The van der Waals surface area contributed by atoms with Gasteiger partial charge in [-0.3, -0.25) is 4.79 Å². The molecule has 140 valence electrons. The van der Waals surface area contributed by atoms with E-state index in [9.17, 15) is 4.79 Å². The van der Waals surface area contributed by atoms with Gasteiger partial charge >= 0.3 is 0 Å². The number of carbonyl (C=O) groups excluding carboxylic acids is 1. The molecule has 0 radical (unpaired) electrons. The van der Waals surface area contributed by atoms with Crippen molar-refractivity contribution in [1.82, 2.24) is 10.2 Å². The molecule has 3 aliphatic rings. The molecule has 2 saturated carbocycles. The number of carbonyl (C=O) groups is 1. The Hall–Kier alpha value is -1.65. The predicted molar refractivity (Wildman–Crippen MR) is 105 cm³/mol. The zero-order chi connectivity index (χ0) is 18.1. The summed E-state index contributed by atoms with van der Waals surface area (Å²) in [5.74, 6) is 0.541. The van der Waals surface area contributed by atoms with Crippen molar-refractivity contribution in [3.8, 4) is 0 Å². The molecule has 3 N–H and O–H groups in total. The van der Waals surface area contributed by atoms with Gasteiger partial charge < -0.3 is 16.0 Å². The summed E-state index contributed by atoms with van der Waals surface area (Å²) < 4.78 is 0. The SMILES string of the molecule is CC/C(=C\c1ccccc1)[C@H]1C[C@@H]1NC1CC2(C1)CN(CCC(N)=O)C2. The molecule has 0 unspecified atom stereocenters. The van der Waals surface area contributed by atoms with E-state index in [0.29, 0.717) is 23.9 Å². The molecule has 26 heavy (non-hydrogen) atoms. The van der Waals surface area contributed by atoms with Crippen LogP contribution < -0.4 is 11.1 Å². The first-order chi connectivity index (χ1) is 12.6.